The fourth-order valence-electron chi connectivity index (χ4n) is 0.918. The third-order valence-electron chi connectivity index (χ3n) is 2.20. The molecule has 5 heteroatoms. The maximum atomic E-state index is 11.6. The molecule has 4 nitrogen and oxygen atoms in total. The fraction of sp³-hybridized carbons (Fsp3) is 0.273. The van der Waals surface area contributed by atoms with E-state index in [9.17, 15) is 9.59 Å². The first-order valence-electron chi connectivity index (χ1n) is 4.64. The Morgan fingerprint density at radius 3 is 2.19 bits per heavy atom. The van der Waals surface area contributed by atoms with E-state index in [0.717, 1.165) is 0 Å². The van der Waals surface area contributed by atoms with Crippen molar-refractivity contribution in [3.8, 4) is 0 Å². The molecule has 1 rings (SSSR count). The van der Waals surface area contributed by atoms with E-state index in [-0.39, 0.29) is 0 Å². The van der Waals surface area contributed by atoms with Gasteiger partial charge in [-0.1, -0.05) is 11.6 Å². The van der Waals surface area contributed by atoms with Crippen LogP contribution in [0.2, 0.25) is 5.02 Å². The zero-order valence-electron chi connectivity index (χ0n) is 8.95. The first-order valence-corrected chi connectivity index (χ1v) is 5.02. The number of hydrogen-bond donors (Lipinski definition) is 2. The molecule has 0 heterocycles. The van der Waals surface area contributed by atoms with Crippen molar-refractivity contribution in [1.29, 1.82) is 0 Å². The number of carbonyl (C=O) groups excluding carboxylic acids is 1. The highest BCUT2D eigenvalue weighted by molar-refractivity contribution is 6.30. The summed E-state index contributed by atoms with van der Waals surface area (Å²) < 4.78 is 0. The number of carbonyl (C=O) groups is 2. The van der Waals surface area contributed by atoms with Crippen LogP contribution in [0, 0.1) is 5.41 Å². The standard InChI is InChI=1S/C11H12ClNO3/c1-11(2,10(15)16)9(14)13-8-5-3-7(12)4-6-8/h3-6H,1-2H3,(H,13,14)(H,15,16). The number of amides is 1. The minimum atomic E-state index is -1.46. The second-order valence-corrected chi connectivity index (χ2v) is 4.33. The van der Waals surface area contributed by atoms with E-state index in [1.807, 2.05) is 0 Å². The van der Waals surface area contributed by atoms with Crippen LogP contribution in [-0.2, 0) is 9.59 Å². The normalized spacial score (nSPS) is 10.9. The van der Waals surface area contributed by atoms with Crippen molar-refractivity contribution < 1.29 is 14.7 Å². The first-order chi connectivity index (χ1) is 7.34. The Kier molecular flexibility index (Phi) is 3.55. The van der Waals surface area contributed by atoms with Gasteiger partial charge >= 0.3 is 5.97 Å². The molecule has 86 valence electrons. The Balaban J connectivity index is 2.79. The van der Waals surface area contributed by atoms with E-state index in [0.29, 0.717) is 10.7 Å². The summed E-state index contributed by atoms with van der Waals surface area (Å²) in [4.78, 5) is 22.5. The molecule has 0 aliphatic rings. The van der Waals surface area contributed by atoms with Crippen LogP contribution in [0.15, 0.2) is 24.3 Å². The number of hydrogen-bond acceptors (Lipinski definition) is 2. The van der Waals surface area contributed by atoms with Crippen LogP contribution < -0.4 is 5.32 Å². The largest absolute Gasteiger partial charge is 0.480 e. The van der Waals surface area contributed by atoms with Crippen molar-refractivity contribution in [3.63, 3.8) is 0 Å². The number of carboxylic acid groups (broad SMARTS) is 1. The molecule has 2 N–H and O–H groups in total. The zero-order valence-corrected chi connectivity index (χ0v) is 9.71. The summed E-state index contributed by atoms with van der Waals surface area (Å²) in [6.45, 7) is 2.70. The third-order valence-corrected chi connectivity index (χ3v) is 2.46. The molecule has 1 aromatic rings. The number of nitrogens with one attached hydrogen (secondary N) is 1. The second kappa shape index (κ2) is 4.53. The quantitative estimate of drug-likeness (QED) is 0.799. The maximum Gasteiger partial charge on any atom is 0.318 e. The van der Waals surface area contributed by atoms with Gasteiger partial charge in [-0.05, 0) is 38.1 Å². The van der Waals surface area contributed by atoms with Crippen molar-refractivity contribution in [2.75, 3.05) is 5.32 Å². The molecule has 0 saturated heterocycles. The van der Waals surface area contributed by atoms with Gasteiger partial charge in [0.1, 0.15) is 5.41 Å². The highest BCUT2D eigenvalue weighted by Gasteiger charge is 2.35. The summed E-state index contributed by atoms with van der Waals surface area (Å²) in [5.41, 5.74) is -0.941. The summed E-state index contributed by atoms with van der Waals surface area (Å²) in [5, 5.41) is 11.9. The SMILES string of the molecule is CC(C)(C(=O)O)C(=O)Nc1ccc(Cl)cc1. The molecule has 0 aliphatic heterocycles. The van der Waals surface area contributed by atoms with E-state index in [2.05, 4.69) is 5.32 Å². The summed E-state index contributed by atoms with van der Waals surface area (Å²) in [6.07, 6.45) is 0. The number of anilines is 1. The second-order valence-electron chi connectivity index (χ2n) is 3.89. The van der Waals surface area contributed by atoms with Crippen molar-refractivity contribution in [2.45, 2.75) is 13.8 Å². The van der Waals surface area contributed by atoms with Gasteiger partial charge in [0.05, 0.1) is 0 Å². The Morgan fingerprint density at radius 2 is 1.75 bits per heavy atom. The molecule has 0 fully saturated rings. The van der Waals surface area contributed by atoms with E-state index in [1.54, 1.807) is 24.3 Å². The van der Waals surface area contributed by atoms with E-state index < -0.39 is 17.3 Å². The molecular formula is C11H12ClNO3. The van der Waals surface area contributed by atoms with Gasteiger partial charge in [0, 0.05) is 10.7 Å². The van der Waals surface area contributed by atoms with Gasteiger partial charge < -0.3 is 10.4 Å². The Morgan fingerprint density at radius 1 is 1.25 bits per heavy atom. The van der Waals surface area contributed by atoms with Crippen molar-refractivity contribution >= 4 is 29.2 Å². The number of halogens is 1. The van der Waals surface area contributed by atoms with E-state index in [1.165, 1.54) is 13.8 Å². The molecule has 0 unspecified atom stereocenters. The van der Waals surface area contributed by atoms with Crippen LogP contribution in [-0.4, -0.2) is 17.0 Å². The maximum absolute atomic E-state index is 11.6. The van der Waals surface area contributed by atoms with Gasteiger partial charge in [-0.3, -0.25) is 9.59 Å². The lowest BCUT2D eigenvalue weighted by Gasteiger charge is -2.18. The van der Waals surface area contributed by atoms with Gasteiger partial charge in [0.15, 0.2) is 0 Å². The molecule has 0 aromatic heterocycles. The summed E-state index contributed by atoms with van der Waals surface area (Å²) in [6, 6.07) is 6.45. The smallest absolute Gasteiger partial charge is 0.318 e. The number of aliphatic carboxylic acids is 1. The average Bonchev–Trinajstić information content (AvgIpc) is 2.21. The highest BCUT2D eigenvalue weighted by Crippen LogP contribution is 2.20. The summed E-state index contributed by atoms with van der Waals surface area (Å²) in [5.74, 6) is -1.73. The molecule has 1 aromatic carbocycles. The molecule has 0 radical (unpaired) electrons. The predicted molar refractivity (Wildman–Crippen MR) is 61.5 cm³/mol. The molecule has 0 bridgehead atoms. The van der Waals surface area contributed by atoms with E-state index >= 15 is 0 Å². The van der Waals surface area contributed by atoms with Gasteiger partial charge in [0.2, 0.25) is 5.91 Å². The first kappa shape index (κ1) is 12.5. The van der Waals surface area contributed by atoms with Gasteiger partial charge in [-0.2, -0.15) is 0 Å². The van der Waals surface area contributed by atoms with Crippen LogP contribution in [0.1, 0.15) is 13.8 Å². The van der Waals surface area contributed by atoms with Gasteiger partial charge in [0.25, 0.3) is 0 Å². The molecule has 0 spiro atoms. The third kappa shape index (κ3) is 2.73. The van der Waals surface area contributed by atoms with Crippen LogP contribution in [0.4, 0.5) is 5.69 Å². The number of rotatable bonds is 3. The Bertz CT molecular complexity index is 412. The zero-order chi connectivity index (χ0) is 12.3. The number of benzene rings is 1. The molecule has 0 atom stereocenters. The van der Waals surface area contributed by atoms with Crippen LogP contribution in [0.3, 0.4) is 0 Å². The molecule has 16 heavy (non-hydrogen) atoms. The van der Waals surface area contributed by atoms with Gasteiger partial charge in [-0.15, -0.1) is 0 Å². The average molecular weight is 242 g/mol. The summed E-state index contributed by atoms with van der Waals surface area (Å²) >= 11 is 5.68. The predicted octanol–water partition coefficient (Wildman–Crippen LogP) is 2.39. The van der Waals surface area contributed by atoms with E-state index in [4.69, 9.17) is 16.7 Å². The van der Waals surface area contributed by atoms with Gasteiger partial charge in [-0.25, -0.2) is 0 Å². The summed E-state index contributed by atoms with van der Waals surface area (Å²) in [7, 11) is 0. The lowest BCUT2D eigenvalue weighted by molar-refractivity contribution is -0.151. The lowest BCUT2D eigenvalue weighted by Crippen LogP contribution is -2.37. The van der Waals surface area contributed by atoms with Crippen molar-refractivity contribution in [3.05, 3.63) is 29.3 Å². The molecular weight excluding hydrogens is 230 g/mol. The fourth-order valence-corrected chi connectivity index (χ4v) is 1.04. The monoisotopic (exact) mass is 241 g/mol. The van der Waals surface area contributed by atoms with Crippen molar-refractivity contribution in [1.82, 2.24) is 0 Å². The Labute approximate surface area is 98.2 Å². The highest BCUT2D eigenvalue weighted by atomic mass is 35.5. The van der Waals surface area contributed by atoms with Crippen molar-refractivity contribution in [2.24, 2.45) is 5.41 Å². The minimum absolute atomic E-state index is 0.517. The van der Waals surface area contributed by atoms with Crippen LogP contribution in [0.5, 0.6) is 0 Å². The Hall–Kier alpha value is -1.55. The minimum Gasteiger partial charge on any atom is -0.480 e. The van der Waals surface area contributed by atoms with Crippen LogP contribution in [0.25, 0.3) is 0 Å². The molecule has 0 aliphatic carbocycles. The molecule has 1 amide bonds. The molecule has 0 saturated carbocycles. The number of carboxylic acids is 1. The van der Waals surface area contributed by atoms with Crippen LogP contribution >= 0.6 is 11.6 Å². The lowest BCUT2D eigenvalue weighted by atomic mass is 9.92. The topological polar surface area (TPSA) is 66.4 Å².